The molecule has 0 saturated carbocycles. The summed E-state index contributed by atoms with van der Waals surface area (Å²) >= 11 is 0. The van der Waals surface area contributed by atoms with Crippen molar-refractivity contribution in [3.8, 4) is 11.5 Å². The van der Waals surface area contributed by atoms with E-state index in [-0.39, 0.29) is 12.8 Å². The molecule has 1 aromatic carbocycles. The largest absolute Gasteiger partial charge is 0.454 e. The number of nitrogens with one attached hydrogen (secondary N) is 2. The lowest BCUT2D eigenvalue weighted by atomic mass is 10.1. The van der Waals surface area contributed by atoms with Gasteiger partial charge in [-0.2, -0.15) is 0 Å². The molecule has 23 heavy (non-hydrogen) atoms. The summed E-state index contributed by atoms with van der Waals surface area (Å²) in [4.78, 5) is 15.9. The van der Waals surface area contributed by atoms with Crippen LogP contribution in [0.2, 0.25) is 0 Å². The van der Waals surface area contributed by atoms with Gasteiger partial charge >= 0.3 is 6.03 Å². The predicted octanol–water partition coefficient (Wildman–Crippen LogP) is 1.89. The molecule has 2 aromatic rings. The zero-order valence-electron chi connectivity index (χ0n) is 12.7. The highest BCUT2D eigenvalue weighted by Gasteiger charge is 2.12. The minimum Gasteiger partial charge on any atom is -0.454 e. The number of hydrogen-bond acceptors (Lipinski definition) is 4. The van der Waals surface area contributed by atoms with E-state index in [4.69, 9.17) is 9.47 Å². The maximum Gasteiger partial charge on any atom is 0.314 e. The highest BCUT2D eigenvalue weighted by atomic mass is 16.7. The molecule has 1 aromatic heterocycles. The number of aromatic nitrogens is 1. The molecule has 0 radical (unpaired) electrons. The van der Waals surface area contributed by atoms with Gasteiger partial charge in [0, 0.05) is 31.4 Å². The normalized spacial score (nSPS) is 12.0. The summed E-state index contributed by atoms with van der Waals surface area (Å²) in [5, 5.41) is 5.67. The van der Waals surface area contributed by atoms with E-state index in [1.165, 1.54) is 0 Å². The molecule has 6 heteroatoms. The molecule has 6 nitrogen and oxygen atoms in total. The summed E-state index contributed by atoms with van der Waals surface area (Å²) in [7, 11) is 0. The van der Waals surface area contributed by atoms with Gasteiger partial charge in [0.05, 0.1) is 0 Å². The van der Waals surface area contributed by atoms with E-state index in [0.29, 0.717) is 13.1 Å². The summed E-state index contributed by atoms with van der Waals surface area (Å²) in [6.07, 6.45) is 3.21. The molecule has 1 aliphatic heterocycles. The first-order valence-electron chi connectivity index (χ1n) is 7.61. The molecule has 0 fully saturated rings. The van der Waals surface area contributed by atoms with Crippen molar-refractivity contribution in [3.05, 3.63) is 53.9 Å². The molecule has 2 N–H and O–H groups in total. The summed E-state index contributed by atoms with van der Waals surface area (Å²) in [5.41, 5.74) is 2.07. The van der Waals surface area contributed by atoms with Crippen LogP contribution in [0.4, 0.5) is 4.79 Å². The van der Waals surface area contributed by atoms with E-state index < -0.39 is 0 Å². The van der Waals surface area contributed by atoms with Crippen molar-refractivity contribution in [2.24, 2.45) is 0 Å². The zero-order valence-corrected chi connectivity index (χ0v) is 12.7. The summed E-state index contributed by atoms with van der Waals surface area (Å²) in [6, 6.07) is 11.4. The van der Waals surface area contributed by atoms with Gasteiger partial charge in [0.15, 0.2) is 11.5 Å². The Balaban J connectivity index is 1.34. The van der Waals surface area contributed by atoms with Gasteiger partial charge < -0.3 is 20.1 Å². The van der Waals surface area contributed by atoms with Crippen LogP contribution in [0.15, 0.2) is 42.6 Å². The van der Waals surface area contributed by atoms with E-state index in [1.807, 2.05) is 36.4 Å². The smallest absolute Gasteiger partial charge is 0.314 e. The van der Waals surface area contributed by atoms with E-state index in [1.54, 1.807) is 6.20 Å². The van der Waals surface area contributed by atoms with Gasteiger partial charge in [-0.05, 0) is 36.2 Å². The quantitative estimate of drug-likeness (QED) is 0.854. The van der Waals surface area contributed by atoms with Crippen molar-refractivity contribution in [3.63, 3.8) is 0 Å². The number of carbonyl (C=O) groups is 1. The monoisotopic (exact) mass is 313 g/mol. The van der Waals surface area contributed by atoms with Gasteiger partial charge in [0.1, 0.15) is 0 Å². The van der Waals surface area contributed by atoms with Crippen molar-refractivity contribution in [1.82, 2.24) is 15.6 Å². The minimum absolute atomic E-state index is 0.165. The standard InChI is InChI=1S/C17H19N3O3/c21-17(20-10-7-14-3-1-2-8-18-14)19-9-6-13-4-5-15-16(11-13)23-12-22-15/h1-5,8,11H,6-7,9-10,12H2,(H2,19,20,21). The summed E-state index contributed by atoms with van der Waals surface area (Å²) < 4.78 is 10.6. The maximum absolute atomic E-state index is 11.7. The van der Waals surface area contributed by atoms with E-state index in [9.17, 15) is 4.79 Å². The number of pyridine rings is 1. The molecule has 0 saturated heterocycles. The topological polar surface area (TPSA) is 72.5 Å². The maximum atomic E-state index is 11.7. The Bertz CT molecular complexity index is 661. The van der Waals surface area contributed by atoms with Crippen molar-refractivity contribution >= 4 is 6.03 Å². The Labute approximate surface area is 134 Å². The van der Waals surface area contributed by atoms with Crippen LogP contribution in [-0.4, -0.2) is 30.9 Å². The van der Waals surface area contributed by atoms with Crippen LogP contribution in [0.25, 0.3) is 0 Å². The average molecular weight is 313 g/mol. The molecular formula is C17H19N3O3. The van der Waals surface area contributed by atoms with Gasteiger partial charge in [-0.15, -0.1) is 0 Å². The Morgan fingerprint density at radius 3 is 2.70 bits per heavy atom. The summed E-state index contributed by atoms with van der Waals surface area (Å²) in [6.45, 7) is 1.40. The Morgan fingerprint density at radius 2 is 1.87 bits per heavy atom. The second kappa shape index (κ2) is 7.49. The first kappa shape index (κ1) is 15.1. The van der Waals surface area contributed by atoms with E-state index in [2.05, 4.69) is 15.6 Å². The van der Waals surface area contributed by atoms with Gasteiger partial charge in [0.25, 0.3) is 0 Å². The van der Waals surface area contributed by atoms with Crippen molar-refractivity contribution in [2.45, 2.75) is 12.8 Å². The molecule has 2 heterocycles. The molecule has 0 spiro atoms. The van der Waals surface area contributed by atoms with E-state index >= 15 is 0 Å². The predicted molar refractivity (Wildman–Crippen MR) is 85.6 cm³/mol. The number of hydrogen-bond donors (Lipinski definition) is 2. The van der Waals surface area contributed by atoms with Crippen LogP contribution in [0, 0.1) is 0 Å². The molecule has 3 rings (SSSR count). The number of carbonyl (C=O) groups excluding carboxylic acids is 1. The number of fused-ring (bicyclic) bond motifs is 1. The fourth-order valence-corrected chi connectivity index (χ4v) is 2.33. The van der Waals surface area contributed by atoms with Crippen molar-refractivity contribution in [1.29, 1.82) is 0 Å². The van der Waals surface area contributed by atoms with Gasteiger partial charge in [-0.1, -0.05) is 12.1 Å². The molecule has 120 valence electrons. The number of amides is 2. The average Bonchev–Trinajstić information content (AvgIpc) is 3.03. The molecule has 1 aliphatic rings. The molecular weight excluding hydrogens is 294 g/mol. The van der Waals surface area contributed by atoms with Crippen molar-refractivity contribution in [2.75, 3.05) is 19.9 Å². The third-order valence-corrected chi connectivity index (χ3v) is 3.53. The molecule has 0 aliphatic carbocycles. The summed E-state index contributed by atoms with van der Waals surface area (Å²) in [5.74, 6) is 1.54. The Morgan fingerprint density at radius 1 is 1.04 bits per heavy atom. The number of benzene rings is 1. The molecule has 0 atom stereocenters. The van der Waals surface area contributed by atoms with Crippen LogP contribution >= 0.6 is 0 Å². The van der Waals surface area contributed by atoms with Gasteiger partial charge in [0.2, 0.25) is 6.79 Å². The lowest BCUT2D eigenvalue weighted by Gasteiger charge is -2.08. The number of ether oxygens (including phenoxy) is 2. The number of nitrogens with zero attached hydrogens (tertiary/aromatic N) is 1. The molecule has 2 amide bonds. The third kappa shape index (κ3) is 4.35. The second-order valence-corrected chi connectivity index (χ2v) is 5.19. The SMILES string of the molecule is O=C(NCCc1ccc2c(c1)OCO2)NCCc1ccccn1. The lowest BCUT2D eigenvalue weighted by Crippen LogP contribution is -2.37. The highest BCUT2D eigenvalue weighted by Crippen LogP contribution is 2.32. The fraction of sp³-hybridized carbons (Fsp3) is 0.294. The minimum atomic E-state index is -0.165. The van der Waals surface area contributed by atoms with Gasteiger partial charge in [-0.3, -0.25) is 4.98 Å². The number of urea groups is 1. The zero-order chi connectivity index (χ0) is 15.9. The highest BCUT2D eigenvalue weighted by molar-refractivity contribution is 5.73. The first-order chi connectivity index (χ1) is 11.3. The van der Waals surface area contributed by atoms with Crippen LogP contribution in [0.3, 0.4) is 0 Å². The second-order valence-electron chi connectivity index (χ2n) is 5.19. The molecule has 0 unspecified atom stereocenters. The third-order valence-electron chi connectivity index (χ3n) is 3.53. The van der Waals surface area contributed by atoms with Crippen LogP contribution in [0.5, 0.6) is 11.5 Å². The van der Waals surface area contributed by atoms with Gasteiger partial charge in [-0.25, -0.2) is 4.79 Å². The fourth-order valence-electron chi connectivity index (χ4n) is 2.33. The van der Waals surface area contributed by atoms with Crippen LogP contribution < -0.4 is 20.1 Å². The first-order valence-corrected chi connectivity index (χ1v) is 7.61. The van der Waals surface area contributed by atoms with Crippen LogP contribution in [-0.2, 0) is 12.8 Å². The Hall–Kier alpha value is -2.76. The lowest BCUT2D eigenvalue weighted by molar-refractivity contribution is 0.174. The Kier molecular flexibility index (Phi) is 4.93. The molecule has 0 bridgehead atoms. The van der Waals surface area contributed by atoms with E-state index in [0.717, 1.165) is 35.6 Å². The number of rotatable bonds is 6. The van der Waals surface area contributed by atoms with Crippen molar-refractivity contribution < 1.29 is 14.3 Å². The van der Waals surface area contributed by atoms with Crippen LogP contribution in [0.1, 0.15) is 11.3 Å².